The van der Waals surface area contributed by atoms with E-state index in [0.717, 1.165) is 5.56 Å². The van der Waals surface area contributed by atoms with Gasteiger partial charge in [-0.2, -0.15) is 0 Å². The molecular weight excluding hydrogens is 194 g/mol. The van der Waals surface area contributed by atoms with Gasteiger partial charge in [0.2, 0.25) is 11.8 Å². The van der Waals surface area contributed by atoms with Gasteiger partial charge in [-0.3, -0.25) is 14.6 Å². The van der Waals surface area contributed by atoms with Crippen LogP contribution in [-0.4, -0.2) is 16.8 Å². The lowest BCUT2D eigenvalue weighted by Crippen LogP contribution is -2.38. The highest BCUT2D eigenvalue weighted by molar-refractivity contribution is 6.08. The fraction of sp³-hybridized carbons (Fsp3) is 0.300. The molecule has 0 bridgehead atoms. The lowest BCUT2D eigenvalue weighted by molar-refractivity contribution is -0.133. The third kappa shape index (κ3) is 1.27. The largest absolute Gasteiger partial charge is 0.369 e. The molecule has 15 heavy (non-hydrogen) atoms. The summed E-state index contributed by atoms with van der Waals surface area (Å²) in [6, 6.07) is 3.52. The summed E-state index contributed by atoms with van der Waals surface area (Å²) >= 11 is 0. The molecule has 1 aromatic rings. The Morgan fingerprint density at radius 3 is 2.20 bits per heavy atom. The minimum absolute atomic E-state index is 0.185. The number of nitrogens with zero attached hydrogens (tertiary/aromatic N) is 1. The standard InChI is InChI=1S/C10H11N3O2/c11-8(14)10(9(12)15)5-7(10)6-1-3-13-4-2-6/h1-4,7H,5H2,(H2,11,14)(H2,12,15). The number of nitrogens with two attached hydrogens (primary N) is 2. The maximum Gasteiger partial charge on any atom is 0.233 e. The highest BCUT2D eigenvalue weighted by atomic mass is 16.2. The highest BCUT2D eigenvalue weighted by Crippen LogP contribution is 2.58. The van der Waals surface area contributed by atoms with Crippen molar-refractivity contribution in [2.45, 2.75) is 12.3 Å². The molecule has 1 fully saturated rings. The Morgan fingerprint density at radius 2 is 1.80 bits per heavy atom. The number of amides is 2. The molecule has 5 heteroatoms. The molecule has 0 aromatic carbocycles. The fourth-order valence-corrected chi connectivity index (χ4v) is 1.93. The summed E-state index contributed by atoms with van der Waals surface area (Å²) in [5.74, 6) is -1.47. The molecule has 0 radical (unpaired) electrons. The third-order valence-corrected chi connectivity index (χ3v) is 2.95. The topological polar surface area (TPSA) is 99.1 Å². The van der Waals surface area contributed by atoms with Crippen LogP contribution in [-0.2, 0) is 9.59 Å². The molecule has 1 unspecified atom stereocenters. The molecule has 5 nitrogen and oxygen atoms in total. The van der Waals surface area contributed by atoms with Crippen molar-refractivity contribution in [3.8, 4) is 0 Å². The predicted molar refractivity (Wildman–Crippen MR) is 52.4 cm³/mol. The maximum atomic E-state index is 11.2. The average Bonchev–Trinajstić information content (AvgIpc) is 2.95. The maximum absolute atomic E-state index is 11.2. The first-order valence-electron chi connectivity index (χ1n) is 4.59. The van der Waals surface area contributed by atoms with E-state index in [9.17, 15) is 9.59 Å². The van der Waals surface area contributed by atoms with Gasteiger partial charge < -0.3 is 11.5 Å². The van der Waals surface area contributed by atoms with Crippen LogP contribution in [0.15, 0.2) is 24.5 Å². The van der Waals surface area contributed by atoms with Crippen LogP contribution in [0.25, 0.3) is 0 Å². The molecule has 78 valence electrons. The van der Waals surface area contributed by atoms with Crippen molar-refractivity contribution in [2.75, 3.05) is 0 Å². The van der Waals surface area contributed by atoms with Crippen molar-refractivity contribution < 1.29 is 9.59 Å². The van der Waals surface area contributed by atoms with Gasteiger partial charge in [0.15, 0.2) is 0 Å². The van der Waals surface area contributed by atoms with Crippen molar-refractivity contribution in [3.63, 3.8) is 0 Å². The lowest BCUT2D eigenvalue weighted by atomic mass is 9.98. The summed E-state index contributed by atoms with van der Waals surface area (Å²) in [6.07, 6.45) is 3.63. The summed E-state index contributed by atoms with van der Waals surface area (Å²) in [6.45, 7) is 0. The Morgan fingerprint density at radius 1 is 1.27 bits per heavy atom. The van der Waals surface area contributed by atoms with Gasteiger partial charge in [0, 0.05) is 18.3 Å². The molecule has 1 saturated carbocycles. The van der Waals surface area contributed by atoms with Crippen LogP contribution >= 0.6 is 0 Å². The van der Waals surface area contributed by atoms with Crippen LogP contribution in [0.4, 0.5) is 0 Å². The lowest BCUT2D eigenvalue weighted by Gasteiger charge is -2.08. The van der Waals surface area contributed by atoms with Gasteiger partial charge in [-0.05, 0) is 24.1 Å². The average molecular weight is 205 g/mol. The Bertz CT molecular complexity index is 402. The number of carbonyl (C=O) groups is 2. The second-order valence-electron chi connectivity index (χ2n) is 3.74. The van der Waals surface area contributed by atoms with Gasteiger partial charge >= 0.3 is 0 Å². The summed E-state index contributed by atoms with van der Waals surface area (Å²) < 4.78 is 0. The summed E-state index contributed by atoms with van der Waals surface area (Å²) in [5, 5.41) is 0. The van der Waals surface area contributed by atoms with E-state index >= 15 is 0 Å². The van der Waals surface area contributed by atoms with Gasteiger partial charge in [0.05, 0.1) is 0 Å². The smallest absolute Gasteiger partial charge is 0.233 e. The SMILES string of the molecule is NC(=O)C1(C(N)=O)CC1c1ccncc1. The molecule has 1 heterocycles. The Kier molecular flexibility index (Phi) is 1.96. The van der Waals surface area contributed by atoms with Crippen molar-refractivity contribution in [2.24, 2.45) is 16.9 Å². The monoisotopic (exact) mass is 205 g/mol. The van der Waals surface area contributed by atoms with Gasteiger partial charge in [0.25, 0.3) is 0 Å². The molecule has 4 N–H and O–H groups in total. The minimum Gasteiger partial charge on any atom is -0.369 e. The van der Waals surface area contributed by atoms with E-state index in [1.165, 1.54) is 0 Å². The molecule has 2 amide bonds. The third-order valence-electron chi connectivity index (χ3n) is 2.95. The quantitative estimate of drug-likeness (QED) is 0.652. The van der Waals surface area contributed by atoms with E-state index in [1.54, 1.807) is 24.5 Å². The van der Waals surface area contributed by atoms with E-state index in [0.29, 0.717) is 6.42 Å². The van der Waals surface area contributed by atoms with Crippen molar-refractivity contribution in [1.82, 2.24) is 4.98 Å². The second kappa shape index (κ2) is 3.05. The van der Waals surface area contributed by atoms with Crippen molar-refractivity contribution in [3.05, 3.63) is 30.1 Å². The summed E-state index contributed by atoms with van der Waals surface area (Å²) in [4.78, 5) is 26.3. The Balaban J connectivity index is 2.31. The van der Waals surface area contributed by atoms with E-state index < -0.39 is 17.2 Å². The number of hydrogen-bond acceptors (Lipinski definition) is 3. The van der Waals surface area contributed by atoms with E-state index in [1.807, 2.05) is 0 Å². The van der Waals surface area contributed by atoms with Crippen LogP contribution in [0.2, 0.25) is 0 Å². The first kappa shape index (κ1) is 9.64. The van der Waals surface area contributed by atoms with Crippen molar-refractivity contribution >= 4 is 11.8 Å². The molecular formula is C10H11N3O2. The number of rotatable bonds is 3. The van der Waals surface area contributed by atoms with E-state index in [2.05, 4.69) is 4.98 Å². The van der Waals surface area contributed by atoms with Gasteiger partial charge in [-0.1, -0.05) is 0 Å². The first-order valence-corrected chi connectivity index (χ1v) is 4.59. The second-order valence-corrected chi connectivity index (χ2v) is 3.74. The zero-order valence-electron chi connectivity index (χ0n) is 8.01. The number of pyridine rings is 1. The molecule has 1 aliphatic rings. The predicted octanol–water partition coefficient (Wildman–Crippen LogP) is -0.474. The van der Waals surface area contributed by atoms with Crippen molar-refractivity contribution in [1.29, 1.82) is 0 Å². The van der Waals surface area contributed by atoms with Crippen LogP contribution in [0.3, 0.4) is 0 Å². The molecule has 1 atom stereocenters. The first-order chi connectivity index (χ1) is 7.09. The van der Waals surface area contributed by atoms with Crippen LogP contribution < -0.4 is 11.5 Å². The number of primary amides is 2. The summed E-state index contributed by atoms with van der Waals surface area (Å²) in [5.41, 5.74) is 10.1. The molecule has 0 spiro atoms. The normalized spacial score (nSPS) is 22.0. The zero-order valence-corrected chi connectivity index (χ0v) is 8.01. The highest BCUT2D eigenvalue weighted by Gasteiger charge is 2.64. The number of aromatic nitrogens is 1. The number of carbonyl (C=O) groups excluding carboxylic acids is 2. The van der Waals surface area contributed by atoms with Crippen LogP contribution in [0, 0.1) is 5.41 Å². The fourth-order valence-electron chi connectivity index (χ4n) is 1.93. The summed E-state index contributed by atoms with van der Waals surface area (Å²) in [7, 11) is 0. The van der Waals surface area contributed by atoms with Gasteiger partial charge in [0.1, 0.15) is 5.41 Å². The molecule has 0 aliphatic heterocycles. The zero-order chi connectivity index (χ0) is 11.1. The molecule has 0 saturated heterocycles. The molecule has 2 rings (SSSR count). The molecule has 1 aliphatic carbocycles. The van der Waals surface area contributed by atoms with E-state index in [-0.39, 0.29) is 5.92 Å². The Labute approximate surface area is 86.5 Å². The van der Waals surface area contributed by atoms with Crippen LogP contribution in [0.5, 0.6) is 0 Å². The minimum atomic E-state index is -1.18. The Hall–Kier alpha value is -1.91. The molecule has 1 aromatic heterocycles. The van der Waals surface area contributed by atoms with Gasteiger partial charge in [-0.15, -0.1) is 0 Å². The van der Waals surface area contributed by atoms with Gasteiger partial charge in [-0.25, -0.2) is 0 Å². The van der Waals surface area contributed by atoms with E-state index in [4.69, 9.17) is 11.5 Å². The van der Waals surface area contributed by atoms with Crippen LogP contribution in [0.1, 0.15) is 17.9 Å². The number of hydrogen-bond donors (Lipinski definition) is 2.